The maximum Gasteiger partial charge on any atom is 0.223 e. The highest BCUT2D eigenvalue weighted by molar-refractivity contribution is 7.16. The number of amides is 1. The Hall–Kier alpha value is -1.20. The van der Waals surface area contributed by atoms with E-state index in [0.29, 0.717) is 29.9 Å². The number of hydrogen-bond acceptors (Lipinski definition) is 4. The smallest absolute Gasteiger partial charge is 0.223 e. The van der Waals surface area contributed by atoms with E-state index in [1.165, 1.54) is 0 Å². The van der Waals surface area contributed by atoms with E-state index >= 15 is 0 Å². The summed E-state index contributed by atoms with van der Waals surface area (Å²) in [6, 6.07) is 1.92. The summed E-state index contributed by atoms with van der Waals surface area (Å²) in [5.41, 5.74) is 0. The summed E-state index contributed by atoms with van der Waals surface area (Å²) in [6.07, 6.45) is 1.68. The first kappa shape index (κ1) is 12.8. The lowest BCUT2D eigenvalue weighted by molar-refractivity contribution is -0.128. The first-order chi connectivity index (χ1) is 9.17. The van der Waals surface area contributed by atoms with Crippen molar-refractivity contribution in [3.8, 4) is 0 Å². The zero-order valence-corrected chi connectivity index (χ0v) is 12.2. The third kappa shape index (κ3) is 2.44. The Balaban J connectivity index is 1.83. The van der Waals surface area contributed by atoms with Gasteiger partial charge in [-0.1, -0.05) is 24.9 Å². The van der Waals surface area contributed by atoms with Crippen LogP contribution >= 0.6 is 22.9 Å². The van der Waals surface area contributed by atoms with E-state index in [2.05, 4.69) is 16.9 Å². The number of hydrogen-bond donors (Lipinski definition) is 0. The van der Waals surface area contributed by atoms with Gasteiger partial charge in [0, 0.05) is 18.4 Å². The highest BCUT2D eigenvalue weighted by atomic mass is 35.5. The first-order valence-electron chi connectivity index (χ1n) is 6.34. The zero-order valence-electron chi connectivity index (χ0n) is 10.6. The molecule has 6 heteroatoms. The molecule has 1 aliphatic heterocycles. The second kappa shape index (κ2) is 5.06. The molecule has 0 aromatic carbocycles. The summed E-state index contributed by atoms with van der Waals surface area (Å²) in [6.45, 7) is 3.38. The molecule has 2 aromatic rings. The molecule has 1 fully saturated rings. The van der Waals surface area contributed by atoms with Gasteiger partial charge < -0.3 is 4.90 Å². The van der Waals surface area contributed by atoms with E-state index in [-0.39, 0.29) is 5.91 Å². The summed E-state index contributed by atoms with van der Waals surface area (Å²) in [5.74, 6) is 1.29. The number of carbonyl (C=O) groups is 1. The zero-order chi connectivity index (χ0) is 13.4. The molecule has 0 radical (unpaired) electrons. The molecule has 19 heavy (non-hydrogen) atoms. The van der Waals surface area contributed by atoms with Crippen molar-refractivity contribution in [3.63, 3.8) is 0 Å². The first-order valence-corrected chi connectivity index (χ1v) is 7.60. The van der Waals surface area contributed by atoms with Crippen molar-refractivity contribution in [2.45, 2.75) is 26.3 Å². The van der Waals surface area contributed by atoms with Crippen LogP contribution < -0.4 is 0 Å². The van der Waals surface area contributed by atoms with Crippen LogP contribution in [0.5, 0.6) is 0 Å². The van der Waals surface area contributed by atoms with Crippen LogP contribution in [0.1, 0.15) is 25.6 Å². The minimum absolute atomic E-state index is 0.192. The fourth-order valence-corrected chi connectivity index (χ4v) is 3.47. The van der Waals surface area contributed by atoms with Gasteiger partial charge in [-0.3, -0.25) is 4.79 Å². The summed E-state index contributed by atoms with van der Waals surface area (Å²) in [7, 11) is 0. The molecule has 0 saturated carbocycles. The number of rotatable bonds is 3. The minimum Gasteiger partial charge on any atom is -0.335 e. The number of carbonyl (C=O) groups excluding carboxylic acids is 1. The van der Waals surface area contributed by atoms with Crippen LogP contribution in [0.2, 0.25) is 5.15 Å². The normalized spacial score (nSPS) is 19.6. The molecule has 1 atom stereocenters. The highest BCUT2D eigenvalue weighted by Crippen LogP contribution is 2.26. The monoisotopic (exact) mass is 295 g/mol. The van der Waals surface area contributed by atoms with Crippen LogP contribution in [0.4, 0.5) is 0 Å². The van der Waals surface area contributed by atoms with E-state index < -0.39 is 0 Å². The van der Waals surface area contributed by atoms with E-state index in [9.17, 15) is 4.79 Å². The Labute approximate surface area is 120 Å². The predicted octanol–water partition coefficient (Wildman–Crippen LogP) is 3.10. The Morgan fingerprint density at radius 3 is 3.11 bits per heavy atom. The molecule has 100 valence electrons. The molecule has 1 unspecified atom stereocenters. The summed E-state index contributed by atoms with van der Waals surface area (Å²) >= 11 is 7.67. The van der Waals surface area contributed by atoms with Gasteiger partial charge in [0.1, 0.15) is 9.98 Å². The third-order valence-electron chi connectivity index (χ3n) is 3.53. The number of nitrogens with zero attached hydrogens (tertiary/aromatic N) is 3. The molecular weight excluding hydrogens is 282 g/mol. The standard InChI is InChI=1S/C13H14ClN3OS/c1-2-8-5-11(18)17(6-8)7-10-15-12(14)9-3-4-19-13(9)16-10/h3-4,8H,2,5-7H2,1H3. The predicted molar refractivity (Wildman–Crippen MR) is 76.2 cm³/mol. The highest BCUT2D eigenvalue weighted by Gasteiger charge is 2.28. The van der Waals surface area contributed by atoms with Crippen LogP contribution in [-0.4, -0.2) is 27.3 Å². The van der Waals surface area contributed by atoms with Gasteiger partial charge in [-0.15, -0.1) is 11.3 Å². The topological polar surface area (TPSA) is 46.1 Å². The van der Waals surface area contributed by atoms with Crippen molar-refractivity contribution in [3.05, 3.63) is 22.4 Å². The Morgan fingerprint density at radius 2 is 2.37 bits per heavy atom. The van der Waals surface area contributed by atoms with Gasteiger partial charge in [0.05, 0.1) is 6.54 Å². The van der Waals surface area contributed by atoms with Gasteiger partial charge in [-0.05, 0) is 17.4 Å². The van der Waals surface area contributed by atoms with Crippen molar-refractivity contribution in [1.82, 2.24) is 14.9 Å². The molecule has 4 nitrogen and oxygen atoms in total. The quantitative estimate of drug-likeness (QED) is 0.817. The lowest BCUT2D eigenvalue weighted by Crippen LogP contribution is -2.25. The van der Waals surface area contributed by atoms with Gasteiger partial charge in [-0.25, -0.2) is 9.97 Å². The number of halogens is 1. The Bertz CT molecular complexity index is 627. The van der Waals surface area contributed by atoms with Crippen LogP contribution in [0.25, 0.3) is 10.2 Å². The van der Waals surface area contributed by atoms with Gasteiger partial charge in [0.15, 0.2) is 5.82 Å². The maximum atomic E-state index is 11.9. The van der Waals surface area contributed by atoms with Crippen LogP contribution in [0, 0.1) is 5.92 Å². The van der Waals surface area contributed by atoms with Gasteiger partial charge >= 0.3 is 0 Å². The van der Waals surface area contributed by atoms with Crippen molar-refractivity contribution in [1.29, 1.82) is 0 Å². The largest absolute Gasteiger partial charge is 0.335 e. The average Bonchev–Trinajstić information content (AvgIpc) is 2.97. The number of likely N-dealkylation sites (tertiary alicyclic amines) is 1. The molecule has 1 aliphatic rings. The molecule has 1 amide bonds. The molecule has 0 spiro atoms. The Kier molecular flexibility index (Phi) is 3.41. The van der Waals surface area contributed by atoms with Crippen LogP contribution in [0.15, 0.2) is 11.4 Å². The molecule has 0 N–H and O–H groups in total. The molecule has 1 saturated heterocycles. The Morgan fingerprint density at radius 1 is 1.53 bits per heavy atom. The SMILES string of the molecule is CCC1CC(=O)N(Cc2nc(Cl)c3ccsc3n2)C1. The van der Waals surface area contributed by atoms with Gasteiger partial charge in [-0.2, -0.15) is 0 Å². The van der Waals surface area contributed by atoms with E-state index in [1.807, 2.05) is 16.3 Å². The molecular formula is C13H14ClN3OS. The van der Waals surface area contributed by atoms with Gasteiger partial charge in [0.2, 0.25) is 5.91 Å². The summed E-state index contributed by atoms with van der Waals surface area (Å²) in [5, 5.41) is 3.30. The second-order valence-corrected chi connectivity index (χ2v) is 6.08. The van der Waals surface area contributed by atoms with Crippen LogP contribution in [-0.2, 0) is 11.3 Å². The van der Waals surface area contributed by atoms with Crippen LogP contribution in [0.3, 0.4) is 0 Å². The fourth-order valence-electron chi connectivity index (χ4n) is 2.38. The van der Waals surface area contributed by atoms with Gasteiger partial charge in [0.25, 0.3) is 0 Å². The summed E-state index contributed by atoms with van der Waals surface area (Å²) in [4.78, 5) is 23.4. The molecule has 3 rings (SSSR count). The maximum absolute atomic E-state index is 11.9. The molecule has 0 bridgehead atoms. The molecule has 3 heterocycles. The van der Waals surface area contributed by atoms with Crippen molar-refractivity contribution < 1.29 is 4.79 Å². The number of fused-ring (bicyclic) bond motifs is 1. The minimum atomic E-state index is 0.192. The van der Waals surface area contributed by atoms with E-state index in [1.54, 1.807) is 11.3 Å². The van der Waals surface area contributed by atoms with E-state index in [0.717, 1.165) is 23.2 Å². The average molecular weight is 296 g/mol. The van der Waals surface area contributed by atoms with Crippen molar-refractivity contribution in [2.24, 2.45) is 5.92 Å². The lowest BCUT2D eigenvalue weighted by atomic mass is 10.1. The van der Waals surface area contributed by atoms with Crippen molar-refractivity contribution in [2.75, 3.05) is 6.54 Å². The summed E-state index contributed by atoms with van der Waals surface area (Å²) < 4.78 is 0. The van der Waals surface area contributed by atoms with Crippen molar-refractivity contribution >= 4 is 39.1 Å². The lowest BCUT2D eigenvalue weighted by Gasteiger charge is -2.15. The fraction of sp³-hybridized carbons (Fsp3) is 0.462. The number of aromatic nitrogens is 2. The molecule has 0 aliphatic carbocycles. The third-order valence-corrected chi connectivity index (χ3v) is 4.62. The second-order valence-electron chi connectivity index (χ2n) is 4.82. The molecule has 2 aromatic heterocycles. The van der Waals surface area contributed by atoms with E-state index in [4.69, 9.17) is 11.6 Å². The number of thiophene rings is 1.